The van der Waals surface area contributed by atoms with E-state index in [1.165, 1.54) is 7.11 Å². The Balaban J connectivity index is 1.84. The lowest BCUT2D eigenvalue weighted by atomic mass is 10.0. The molecule has 1 aliphatic heterocycles. The van der Waals surface area contributed by atoms with Gasteiger partial charge < -0.3 is 4.74 Å². The van der Waals surface area contributed by atoms with Gasteiger partial charge in [0.1, 0.15) is 0 Å². The minimum absolute atomic E-state index is 0.185. The molecule has 1 heterocycles. The smallest absolute Gasteiger partial charge is 0.338 e. The normalized spacial score (nSPS) is 13.7. The summed E-state index contributed by atoms with van der Waals surface area (Å²) in [5.74, 6) is 1.95. The second-order valence-electron chi connectivity index (χ2n) is 5.53. The molecule has 1 aromatic carbocycles. The largest absolute Gasteiger partial charge is 0.465 e. The highest BCUT2D eigenvalue weighted by atomic mass is 16.5. The number of carbonyl (C=O) groups is 2. The molecule has 24 heavy (non-hydrogen) atoms. The van der Waals surface area contributed by atoms with Gasteiger partial charge >= 0.3 is 5.97 Å². The Labute approximate surface area is 140 Å². The number of hydrazine groups is 1. The second-order valence-corrected chi connectivity index (χ2v) is 5.53. The van der Waals surface area contributed by atoms with Crippen LogP contribution in [0.3, 0.4) is 0 Å². The predicted octanol–water partition coefficient (Wildman–Crippen LogP) is 2.58. The Bertz CT molecular complexity index is 700. The Morgan fingerprint density at radius 2 is 2.08 bits per heavy atom. The number of hydrogen-bond acceptors (Lipinski definition) is 6. The highest BCUT2D eigenvalue weighted by Gasteiger charge is 2.39. The molecule has 0 saturated carbocycles. The minimum Gasteiger partial charge on any atom is -0.465 e. The molecular weight excluding hydrogens is 308 g/mol. The van der Waals surface area contributed by atoms with Gasteiger partial charge in [-0.2, -0.15) is 10.2 Å². The van der Waals surface area contributed by atoms with Gasteiger partial charge in [0.25, 0.3) is 0 Å². The first-order chi connectivity index (χ1) is 11.5. The summed E-state index contributed by atoms with van der Waals surface area (Å²) in [4.78, 5) is 23.6. The van der Waals surface area contributed by atoms with Gasteiger partial charge in [-0.15, -0.1) is 12.3 Å². The lowest BCUT2D eigenvalue weighted by Crippen LogP contribution is -2.31. The Hall–Kier alpha value is -2.88. The van der Waals surface area contributed by atoms with Crippen LogP contribution >= 0.6 is 0 Å². The quantitative estimate of drug-likeness (QED) is 0.436. The molecule has 1 aliphatic rings. The number of methoxy groups -OCH3 is 1. The third-order valence-corrected chi connectivity index (χ3v) is 3.88. The monoisotopic (exact) mass is 328 g/mol. The molecule has 0 aliphatic carbocycles. The van der Waals surface area contributed by atoms with Crippen LogP contribution in [-0.4, -0.2) is 24.6 Å². The van der Waals surface area contributed by atoms with Gasteiger partial charge in [0.2, 0.25) is 5.91 Å². The number of nitrogens with one attached hydrogen (secondary N) is 2. The fourth-order valence-corrected chi connectivity index (χ4v) is 2.28. The van der Waals surface area contributed by atoms with Crippen molar-refractivity contribution in [3.63, 3.8) is 0 Å². The van der Waals surface area contributed by atoms with Crippen molar-refractivity contribution in [3.8, 4) is 12.3 Å². The molecule has 0 fully saturated rings. The molecule has 7 heteroatoms. The molecule has 0 bridgehead atoms. The van der Waals surface area contributed by atoms with E-state index in [2.05, 4.69) is 27.0 Å². The lowest BCUT2D eigenvalue weighted by Gasteiger charge is -2.14. The van der Waals surface area contributed by atoms with Crippen molar-refractivity contribution in [1.29, 1.82) is 0 Å². The molecule has 1 amide bonds. The summed E-state index contributed by atoms with van der Waals surface area (Å²) in [5.41, 5.74) is 6.75. The van der Waals surface area contributed by atoms with Crippen molar-refractivity contribution < 1.29 is 14.3 Å². The number of terminal acetylenes is 1. The van der Waals surface area contributed by atoms with Crippen LogP contribution in [0.2, 0.25) is 0 Å². The highest BCUT2D eigenvalue weighted by molar-refractivity contribution is 5.92. The SMILES string of the molecule is C#CCCC1(CCC(=O)NNc2cccc(C(=O)OC)c2C)N=N1. The third-order valence-electron chi connectivity index (χ3n) is 3.88. The number of carbonyl (C=O) groups excluding carboxylic acids is 2. The summed E-state index contributed by atoms with van der Waals surface area (Å²) in [6.45, 7) is 1.78. The Kier molecular flexibility index (Phi) is 5.53. The molecule has 0 spiro atoms. The second kappa shape index (κ2) is 7.59. The van der Waals surface area contributed by atoms with E-state index in [9.17, 15) is 9.59 Å². The van der Waals surface area contributed by atoms with Crippen LogP contribution in [0.5, 0.6) is 0 Å². The van der Waals surface area contributed by atoms with E-state index >= 15 is 0 Å². The third kappa shape index (κ3) is 4.32. The first-order valence-electron chi connectivity index (χ1n) is 7.61. The lowest BCUT2D eigenvalue weighted by molar-refractivity contribution is -0.120. The topological polar surface area (TPSA) is 92.2 Å². The molecule has 0 atom stereocenters. The van der Waals surface area contributed by atoms with E-state index in [0.29, 0.717) is 36.1 Å². The van der Waals surface area contributed by atoms with Gasteiger partial charge in [0, 0.05) is 25.7 Å². The number of rotatable bonds is 8. The molecular formula is C17H20N4O3. The molecule has 0 unspecified atom stereocenters. The van der Waals surface area contributed by atoms with E-state index in [4.69, 9.17) is 11.2 Å². The van der Waals surface area contributed by atoms with Crippen molar-refractivity contribution in [1.82, 2.24) is 5.43 Å². The van der Waals surface area contributed by atoms with E-state index < -0.39 is 11.6 Å². The maximum atomic E-state index is 12.0. The zero-order chi connectivity index (χ0) is 17.6. The molecule has 0 radical (unpaired) electrons. The van der Waals surface area contributed by atoms with Crippen molar-refractivity contribution in [2.24, 2.45) is 10.2 Å². The van der Waals surface area contributed by atoms with Crippen molar-refractivity contribution in [2.45, 2.75) is 38.3 Å². The van der Waals surface area contributed by atoms with Crippen molar-refractivity contribution >= 4 is 17.6 Å². The summed E-state index contributed by atoms with van der Waals surface area (Å²) < 4.78 is 4.72. The summed E-state index contributed by atoms with van der Waals surface area (Å²) in [7, 11) is 1.33. The standard InChI is InChI=1S/C17H20N4O3/c1-4-5-10-17(20-21-17)11-9-15(22)19-18-14-8-6-7-13(12(14)2)16(23)24-3/h1,6-8,18H,5,9-11H2,2-3H3,(H,19,22). The van der Waals surface area contributed by atoms with E-state index in [1.54, 1.807) is 25.1 Å². The fraction of sp³-hybridized carbons (Fsp3) is 0.412. The van der Waals surface area contributed by atoms with E-state index in [-0.39, 0.29) is 12.3 Å². The first-order valence-corrected chi connectivity index (χ1v) is 7.61. The van der Waals surface area contributed by atoms with Crippen molar-refractivity contribution in [2.75, 3.05) is 12.5 Å². The number of esters is 1. The number of amides is 1. The average Bonchev–Trinajstić information content (AvgIpc) is 3.37. The predicted molar refractivity (Wildman–Crippen MR) is 89.2 cm³/mol. The number of nitrogens with zero attached hydrogens (tertiary/aromatic N) is 2. The van der Waals surface area contributed by atoms with Crippen LogP contribution in [0.15, 0.2) is 28.4 Å². The molecule has 126 valence electrons. The zero-order valence-electron chi connectivity index (χ0n) is 13.8. The van der Waals surface area contributed by atoms with Crippen LogP contribution in [0, 0.1) is 19.3 Å². The van der Waals surface area contributed by atoms with Crippen LogP contribution in [0.4, 0.5) is 5.69 Å². The average molecular weight is 328 g/mol. The summed E-state index contributed by atoms with van der Waals surface area (Å²) >= 11 is 0. The van der Waals surface area contributed by atoms with Crippen LogP contribution < -0.4 is 10.9 Å². The molecule has 2 rings (SSSR count). The van der Waals surface area contributed by atoms with Gasteiger partial charge in [-0.05, 0) is 24.6 Å². The van der Waals surface area contributed by atoms with Gasteiger partial charge in [-0.25, -0.2) is 4.79 Å². The fourth-order valence-electron chi connectivity index (χ4n) is 2.28. The molecule has 7 nitrogen and oxygen atoms in total. The Morgan fingerprint density at radius 1 is 1.33 bits per heavy atom. The summed E-state index contributed by atoms with van der Waals surface area (Å²) in [6, 6.07) is 5.14. The maximum Gasteiger partial charge on any atom is 0.338 e. The van der Waals surface area contributed by atoms with Gasteiger partial charge in [-0.3, -0.25) is 15.6 Å². The van der Waals surface area contributed by atoms with Crippen molar-refractivity contribution in [3.05, 3.63) is 29.3 Å². The van der Waals surface area contributed by atoms with Gasteiger partial charge in [0.05, 0.1) is 18.4 Å². The number of hydrogen-bond donors (Lipinski definition) is 2. The maximum absolute atomic E-state index is 12.0. The van der Waals surface area contributed by atoms with Crippen LogP contribution in [0.25, 0.3) is 0 Å². The number of benzene rings is 1. The zero-order valence-corrected chi connectivity index (χ0v) is 13.8. The number of ether oxygens (including phenoxy) is 1. The summed E-state index contributed by atoms with van der Waals surface area (Å²) in [6.07, 6.45) is 7.30. The van der Waals surface area contributed by atoms with Gasteiger partial charge in [0.15, 0.2) is 5.66 Å². The number of anilines is 1. The molecule has 0 aromatic heterocycles. The molecule has 2 N–H and O–H groups in total. The molecule has 1 aromatic rings. The minimum atomic E-state index is -0.468. The summed E-state index contributed by atoms with van der Waals surface area (Å²) in [5, 5.41) is 7.99. The van der Waals surface area contributed by atoms with Crippen LogP contribution in [0.1, 0.15) is 41.6 Å². The highest BCUT2D eigenvalue weighted by Crippen LogP contribution is 2.37. The first kappa shape index (κ1) is 17.5. The van der Waals surface area contributed by atoms with E-state index in [0.717, 1.165) is 0 Å². The van der Waals surface area contributed by atoms with E-state index in [1.807, 2.05) is 0 Å². The van der Waals surface area contributed by atoms with Crippen LogP contribution in [-0.2, 0) is 9.53 Å². The van der Waals surface area contributed by atoms with Gasteiger partial charge in [-0.1, -0.05) is 6.07 Å². The molecule has 0 saturated heterocycles. The Morgan fingerprint density at radius 3 is 2.71 bits per heavy atom.